The first-order chi connectivity index (χ1) is 7.31. The van der Waals surface area contributed by atoms with Gasteiger partial charge in [-0.1, -0.05) is 13.8 Å². The SMILES string of the molecule is CCN(CC)CCN.O=C(O)O.O=C(O)O.[Co]. The average Bonchev–Trinajstić information content (AvgIpc) is 2.12. The van der Waals surface area contributed by atoms with Crippen molar-refractivity contribution in [3.05, 3.63) is 0 Å². The summed E-state index contributed by atoms with van der Waals surface area (Å²) >= 11 is 0. The van der Waals surface area contributed by atoms with E-state index < -0.39 is 12.3 Å². The van der Waals surface area contributed by atoms with E-state index in [1.807, 2.05) is 0 Å². The van der Waals surface area contributed by atoms with Gasteiger partial charge >= 0.3 is 12.3 Å². The maximum Gasteiger partial charge on any atom is 0.503 e. The minimum Gasteiger partial charge on any atom is -0.450 e. The van der Waals surface area contributed by atoms with Gasteiger partial charge in [-0.05, 0) is 13.1 Å². The molecule has 0 aliphatic heterocycles. The van der Waals surface area contributed by atoms with Gasteiger partial charge in [-0.25, -0.2) is 9.59 Å². The fraction of sp³-hybridized carbons (Fsp3) is 0.750. The van der Waals surface area contributed by atoms with Crippen LogP contribution in [-0.2, 0) is 16.8 Å². The van der Waals surface area contributed by atoms with Crippen LogP contribution in [0.1, 0.15) is 13.8 Å². The van der Waals surface area contributed by atoms with E-state index in [1.165, 1.54) is 0 Å². The summed E-state index contributed by atoms with van der Waals surface area (Å²) in [6, 6.07) is 0. The molecule has 0 aromatic carbocycles. The van der Waals surface area contributed by atoms with E-state index in [-0.39, 0.29) is 16.8 Å². The molecule has 0 rings (SSSR count). The van der Waals surface area contributed by atoms with Gasteiger partial charge in [-0.3, -0.25) is 0 Å². The Labute approximate surface area is 110 Å². The molecular weight excluding hydrogens is 279 g/mol. The second-order valence-electron chi connectivity index (χ2n) is 2.38. The van der Waals surface area contributed by atoms with Crippen LogP contribution in [0.4, 0.5) is 9.59 Å². The van der Waals surface area contributed by atoms with Gasteiger partial charge < -0.3 is 31.1 Å². The van der Waals surface area contributed by atoms with Crippen LogP contribution >= 0.6 is 0 Å². The third-order valence-electron chi connectivity index (χ3n) is 1.34. The number of hydrogen-bond donors (Lipinski definition) is 5. The van der Waals surface area contributed by atoms with E-state index in [4.69, 9.17) is 35.7 Å². The Morgan fingerprint density at radius 1 is 1.00 bits per heavy atom. The third kappa shape index (κ3) is 70.7. The normalized spacial score (nSPS) is 7.76. The van der Waals surface area contributed by atoms with Crippen LogP contribution in [0.3, 0.4) is 0 Å². The smallest absolute Gasteiger partial charge is 0.450 e. The zero-order valence-electron chi connectivity index (χ0n) is 9.79. The first-order valence-corrected chi connectivity index (χ1v) is 4.57. The van der Waals surface area contributed by atoms with Crippen molar-refractivity contribution < 1.29 is 46.8 Å². The number of nitrogens with two attached hydrogens (primary N) is 1. The first-order valence-electron chi connectivity index (χ1n) is 4.57. The summed E-state index contributed by atoms with van der Waals surface area (Å²) in [5.74, 6) is 0. The van der Waals surface area contributed by atoms with Gasteiger partial charge in [0.2, 0.25) is 0 Å². The molecule has 0 spiro atoms. The number of hydrogen-bond acceptors (Lipinski definition) is 4. The molecule has 0 fully saturated rings. The summed E-state index contributed by atoms with van der Waals surface area (Å²) in [5, 5.41) is 27.9. The summed E-state index contributed by atoms with van der Waals surface area (Å²) in [4.78, 5) is 19.4. The van der Waals surface area contributed by atoms with E-state index in [2.05, 4.69) is 18.7 Å². The van der Waals surface area contributed by atoms with Crippen LogP contribution in [-0.4, -0.2) is 63.8 Å². The van der Waals surface area contributed by atoms with Crippen molar-refractivity contribution in [2.24, 2.45) is 5.73 Å². The summed E-state index contributed by atoms with van der Waals surface area (Å²) in [5.41, 5.74) is 5.34. The van der Waals surface area contributed by atoms with Gasteiger partial charge in [0, 0.05) is 29.9 Å². The molecule has 8 nitrogen and oxygen atoms in total. The molecule has 0 bridgehead atoms. The van der Waals surface area contributed by atoms with Gasteiger partial charge in [0.1, 0.15) is 0 Å². The Morgan fingerprint density at radius 2 is 1.24 bits per heavy atom. The Hall–Kier alpha value is -1.03. The number of carboxylic acid groups (broad SMARTS) is 4. The Morgan fingerprint density at radius 3 is 1.29 bits per heavy atom. The van der Waals surface area contributed by atoms with Crippen molar-refractivity contribution in [3.63, 3.8) is 0 Å². The predicted octanol–water partition coefficient (Wildman–Crippen LogP) is 0.729. The monoisotopic (exact) mass is 299 g/mol. The molecule has 107 valence electrons. The summed E-state index contributed by atoms with van der Waals surface area (Å²) in [7, 11) is 0. The molecule has 0 aromatic rings. The number of carbonyl (C=O) groups is 2. The summed E-state index contributed by atoms with van der Waals surface area (Å²) < 4.78 is 0. The van der Waals surface area contributed by atoms with E-state index in [0.717, 1.165) is 26.2 Å². The zero-order valence-corrected chi connectivity index (χ0v) is 10.8. The third-order valence-corrected chi connectivity index (χ3v) is 1.34. The van der Waals surface area contributed by atoms with Crippen molar-refractivity contribution >= 4 is 12.3 Å². The summed E-state index contributed by atoms with van der Waals surface area (Å²) in [6.45, 7) is 8.36. The van der Waals surface area contributed by atoms with Crippen LogP contribution in [0.2, 0.25) is 0 Å². The molecule has 17 heavy (non-hydrogen) atoms. The molecule has 0 unspecified atom stereocenters. The van der Waals surface area contributed by atoms with Crippen molar-refractivity contribution in [2.75, 3.05) is 26.2 Å². The molecule has 0 atom stereocenters. The van der Waals surface area contributed by atoms with Gasteiger partial charge in [0.25, 0.3) is 0 Å². The number of likely N-dealkylation sites (N-methyl/N-ethyl adjacent to an activating group) is 1. The van der Waals surface area contributed by atoms with Gasteiger partial charge in [-0.2, -0.15) is 0 Å². The fourth-order valence-electron chi connectivity index (χ4n) is 0.722. The van der Waals surface area contributed by atoms with E-state index in [1.54, 1.807) is 0 Å². The Balaban J connectivity index is -0.0000000806. The summed E-state index contributed by atoms with van der Waals surface area (Å²) in [6.07, 6.45) is -3.67. The maximum atomic E-state index is 8.56. The zero-order chi connectivity index (χ0) is 13.6. The molecule has 9 heteroatoms. The standard InChI is InChI=1S/C6H16N2.2CH2O3.Co/c1-3-8(4-2)6-5-7;2*2-1(3)4;/h3-7H2,1-2H3;2*(H2,2,3,4);. The minimum atomic E-state index is -1.83. The average molecular weight is 299 g/mol. The van der Waals surface area contributed by atoms with Gasteiger partial charge in [-0.15, -0.1) is 0 Å². The first kappa shape index (κ1) is 25.0. The van der Waals surface area contributed by atoms with Crippen molar-refractivity contribution in [1.82, 2.24) is 4.90 Å². The van der Waals surface area contributed by atoms with Crippen LogP contribution in [0, 0.1) is 0 Å². The topological polar surface area (TPSA) is 144 Å². The predicted molar refractivity (Wildman–Crippen MR) is 58.1 cm³/mol. The van der Waals surface area contributed by atoms with Gasteiger partial charge in [0.05, 0.1) is 0 Å². The minimum absolute atomic E-state index is 0. The number of nitrogens with zero attached hydrogens (tertiary/aromatic N) is 1. The molecule has 0 aromatic heterocycles. The Kier molecular flexibility index (Phi) is 30.0. The maximum absolute atomic E-state index is 8.56. The van der Waals surface area contributed by atoms with Crippen molar-refractivity contribution in [2.45, 2.75) is 13.8 Å². The van der Waals surface area contributed by atoms with Crippen LogP contribution in [0.15, 0.2) is 0 Å². The fourth-order valence-corrected chi connectivity index (χ4v) is 0.722. The molecule has 0 aliphatic rings. The second-order valence-corrected chi connectivity index (χ2v) is 2.38. The van der Waals surface area contributed by atoms with E-state index in [9.17, 15) is 0 Å². The van der Waals surface area contributed by atoms with Crippen LogP contribution in [0.25, 0.3) is 0 Å². The molecular formula is C8H20CoN2O6. The van der Waals surface area contributed by atoms with Gasteiger partial charge in [0.15, 0.2) is 0 Å². The molecule has 0 amide bonds. The van der Waals surface area contributed by atoms with Crippen molar-refractivity contribution in [1.29, 1.82) is 0 Å². The molecule has 1 radical (unpaired) electrons. The molecule has 0 saturated heterocycles. The molecule has 0 heterocycles. The number of rotatable bonds is 4. The van der Waals surface area contributed by atoms with Crippen LogP contribution < -0.4 is 5.73 Å². The molecule has 6 N–H and O–H groups in total. The largest absolute Gasteiger partial charge is 0.503 e. The van der Waals surface area contributed by atoms with Crippen molar-refractivity contribution in [3.8, 4) is 0 Å². The van der Waals surface area contributed by atoms with Crippen LogP contribution in [0.5, 0.6) is 0 Å². The molecule has 0 saturated carbocycles. The second kappa shape index (κ2) is 20.4. The van der Waals surface area contributed by atoms with E-state index in [0.29, 0.717) is 0 Å². The Bertz CT molecular complexity index is 157. The quantitative estimate of drug-likeness (QED) is 0.511. The molecule has 0 aliphatic carbocycles. The van der Waals surface area contributed by atoms with E-state index >= 15 is 0 Å².